The molecule has 8 nitrogen and oxygen atoms in total. The highest BCUT2D eigenvalue weighted by atomic mass is 32.2. The van der Waals surface area contributed by atoms with E-state index in [-0.39, 0.29) is 34.6 Å². The average molecular weight is 500 g/mol. The maximum Gasteiger partial charge on any atom is 0.262 e. The lowest BCUT2D eigenvalue weighted by atomic mass is 10.1. The molecule has 2 N–H and O–H groups in total. The zero-order valence-corrected chi connectivity index (χ0v) is 20.1. The van der Waals surface area contributed by atoms with Crippen molar-refractivity contribution in [3.63, 3.8) is 0 Å². The van der Waals surface area contributed by atoms with Gasteiger partial charge in [-0.3, -0.25) is 9.52 Å². The Bertz CT molecular complexity index is 1330. The Labute approximate surface area is 203 Å². The highest BCUT2D eigenvalue weighted by Gasteiger charge is 2.23. The first-order valence-electron chi connectivity index (χ1n) is 11.0. The third-order valence-electron chi connectivity index (χ3n) is 5.55. The molecular weight excluding hydrogens is 473 g/mol. The Balaban J connectivity index is 1.52. The molecule has 0 aliphatic carbocycles. The van der Waals surface area contributed by atoms with Crippen molar-refractivity contribution in [2.24, 2.45) is 0 Å². The molecule has 0 saturated heterocycles. The predicted octanol–water partition coefficient (Wildman–Crippen LogP) is 3.43. The number of halogens is 1. The van der Waals surface area contributed by atoms with Gasteiger partial charge in [0.05, 0.1) is 22.2 Å². The van der Waals surface area contributed by atoms with Gasteiger partial charge in [-0.15, -0.1) is 0 Å². The molecule has 0 spiro atoms. The van der Waals surface area contributed by atoms with Crippen molar-refractivity contribution in [1.82, 2.24) is 10.2 Å². The van der Waals surface area contributed by atoms with Crippen molar-refractivity contribution in [2.75, 3.05) is 38.6 Å². The fraction of sp³-hybridized carbons (Fsp3) is 0.240. The average Bonchev–Trinajstić information content (AvgIpc) is 2.83. The summed E-state index contributed by atoms with van der Waals surface area (Å²) in [6, 6.07) is 16.6. The summed E-state index contributed by atoms with van der Waals surface area (Å²) in [6.45, 7) is 0.919. The number of anilines is 1. The maximum absolute atomic E-state index is 13.7. The molecule has 1 heterocycles. The summed E-state index contributed by atoms with van der Waals surface area (Å²) in [4.78, 5) is 14.9. The predicted molar refractivity (Wildman–Crippen MR) is 130 cm³/mol. The molecule has 1 atom stereocenters. The largest absolute Gasteiger partial charge is 0.486 e. The summed E-state index contributed by atoms with van der Waals surface area (Å²) in [5.41, 5.74) is 1.00. The molecule has 4 rings (SSSR count). The minimum absolute atomic E-state index is 0.0178. The molecule has 0 bridgehead atoms. The molecule has 0 fully saturated rings. The van der Waals surface area contributed by atoms with Gasteiger partial charge in [0.15, 0.2) is 11.5 Å². The van der Waals surface area contributed by atoms with Gasteiger partial charge in [0.2, 0.25) is 0 Å². The van der Waals surface area contributed by atoms with Gasteiger partial charge in [-0.05, 0) is 56.1 Å². The van der Waals surface area contributed by atoms with Crippen LogP contribution in [0.4, 0.5) is 10.1 Å². The number of hydrogen-bond donors (Lipinski definition) is 2. The van der Waals surface area contributed by atoms with E-state index in [1.807, 2.05) is 19.0 Å². The van der Waals surface area contributed by atoms with Gasteiger partial charge in [0.1, 0.15) is 19.0 Å². The summed E-state index contributed by atoms with van der Waals surface area (Å²) in [5, 5.41) is 2.83. The Hall–Kier alpha value is -3.63. The number of fused-ring (bicyclic) bond motifs is 1. The van der Waals surface area contributed by atoms with Crippen LogP contribution in [0.25, 0.3) is 0 Å². The first kappa shape index (κ1) is 24.5. The summed E-state index contributed by atoms with van der Waals surface area (Å²) in [7, 11) is -0.350. The van der Waals surface area contributed by atoms with Crippen LogP contribution < -0.4 is 19.5 Å². The molecule has 1 aliphatic rings. The van der Waals surface area contributed by atoms with Crippen LogP contribution in [0, 0.1) is 5.82 Å². The first-order chi connectivity index (χ1) is 16.7. The second-order valence-corrected chi connectivity index (χ2v) is 9.88. The van der Waals surface area contributed by atoms with Gasteiger partial charge in [-0.1, -0.05) is 24.3 Å². The first-order valence-corrected chi connectivity index (χ1v) is 12.4. The van der Waals surface area contributed by atoms with Crippen LogP contribution in [-0.2, 0) is 10.0 Å². The fourth-order valence-corrected chi connectivity index (χ4v) is 4.86. The zero-order chi connectivity index (χ0) is 25.0. The Morgan fingerprint density at radius 3 is 2.49 bits per heavy atom. The van der Waals surface area contributed by atoms with E-state index in [1.165, 1.54) is 42.5 Å². The number of rotatable bonds is 8. The lowest BCUT2D eigenvalue weighted by Gasteiger charge is -2.25. The van der Waals surface area contributed by atoms with Crippen molar-refractivity contribution >= 4 is 21.6 Å². The van der Waals surface area contributed by atoms with Crippen molar-refractivity contribution in [3.8, 4) is 11.5 Å². The molecule has 0 aromatic heterocycles. The summed E-state index contributed by atoms with van der Waals surface area (Å²) < 4.78 is 53.2. The molecule has 0 radical (unpaired) electrons. The van der Waals surface area contributed by atoms with E-state index in [4.69, 9.17) is 9.47 Å². The van der Waals surface area contributed by atoms with Crippen LogP contribution in [-0.4, -0.2) is 53.1 Å². The Kier molecular flexibility index (Phi) is 7.23. The fourth-order valence-electron chi connectivity index (χ4n) is 3.76. The molecule has 0 saturated carbocycles. The van der Waals surface area contributed by atoms with Gasteiger partial charge >= 0.3 is 0 Å². The topological polar surface area (TPSA) is 97.0 Å². The van der Waals surface area contributed by atoms with Crippen LogP contribution in [0.2, 0.25) is 0 Å². The number of para-hydroxylation sites is 1. The SMILES string of the molecule is CN(C)C(CNC(=O)c1ccccc1NS(=O)(=O)c1ccc2c(c1)OCCO2)c1cccc(F)c1. The second-order valence-electron chi connectivity index (χ2n) is 8.20. The smallest absolute Gasteiger partial charge is 0.262 e. The van der Waals surface area contributed by atoms with Crippen LogP contribution in [0.5, 0.6) is 11.5 Å². The minimum atomic E-state index is -4.01. The molecule has 3 aromatic carbocycles. The summed E-state index contributed by atoms with van der Waals surface area (Å²) in [6.07, 6.45) is 0. The van der Waals surface area contributed by atoms with Crippen molar-refractivity contribution in [1.29, 1.82) is 0 Å². The molecule has 1 unspecified atom stereocenters. The standard InChI is InChI=1S/C25H26FN3O5S/c1-29(2)22(17-6-5-7-18(26)14-17)16-27-25(30)20-8-3-4-9-21(20)28-35(31,32)19-10-11-23-24(15-19)34-13-12-33-23/h3-11,14-15,22,28H,12-13,16H2,1-2H3,(H,27,30). The van der Waals surface area contributed by atoms with Crippen molar-refractivity contribution in [3.05, 3.63) is 83.7 Å². The van der Waals surface area contributed by atoms with Crippen molar-refractivity contribution < 1.29 is 27.1 Å². The number of nitrogens with zero attached hydrogens (tertiary/aromatic N) is 1. The van der Waals surface area contributed by atoms with Gasteiger partial charge in [-0.2, -0.15) is 0 Å². The maximum atomic E-state index is 13.7. The highest BCUT2D eigenvalue weighted by molar-refractivity contribution is 7.92. The molecule has 1 amide bonds. The summed E-state index contributed by atoms with van der Waals surface area (Å²) in [5.74, 6) is -0.00533. The van der Waals surface area contributed by atoms with E-state index in [0.717, 1.165) is 0 Å². The monoisotopic (exact) mass is 499 g/mol. The number of likely N-dealkylation sites (N-methyl/N-ethyl adjacent to an activating group) is 1. The molecule has 184 valence electrons. The molecule has 35 heavy (non-hydrogen) atoms. The van der Waals surface area contributed by atoms with E-state index in [9.17, 15) is 17.6 Å². The number of carbonyl (C=O) groups is 1. The number of amides is 1. The molecule has 10 heteroatoms. The van der Waals surface area contributed by atoms with E-state index >= 15 is 0 Å². The third kappa shape index (κ3) is 5.72. The quantitative estimate of drug-likeness (QED) is 0.493. The highest BCUT2D eigenvalue weighted by Crippen LogP contribution is 2.33. The van der Waals surface area contributed by atoms with Gasteiger partial charge in [0.25, 0.3) is 15.9 Å². The number of hydrogen-bond acceptors (Lipinski definition) is 6. The Morgan fingerprint density at radius 2 is 1.74 bits per heavy atom. The lowest BCUT2D eigenvalue weighted by molar-refractivity contribution is 0.0943. The normalized spacial score (nSPS) is 13.8. The van der Waals surface area contributed by atoms with Crippen LogP contribution in [0.1, 0.15) is 22.0 Å². The molecule has 3 aromatic rings. The minimum Gasteiger partial charge on any atom is -0.486 e. The lowest BCUT2D eigenvalue weighted by Crippen LogP contribution is -2.35. The van der Waals surface area contributed by atoms with Crippen LogP contribution >= 0.6 is 0 Å². The number of nitrogens with one attached hydrogen (secondary N) is 2. The second kappa shape index (κ2) is 10.3. The third-order valence-corrected chi connectivity index (χ3v) is 6.92. The van der Waals surface area contributed by atoms with E-state index in [1.54, 1.807) is 24.3 Å². The van der Waals surface area contributed by atoms with Crippen molar-refractivity contribution in [2.45, 2.75) is 10.9 Å². The van der Waals surface area contributed by atoms with Crippen LogP contribution in [0.3, 0.4) is 0 Å². The number of ether oxygens (including phenoxy) is 2. The number of carbonyl (C=O) groups excluding carboxylic acids is 1. The number of sulfonamides is 1. The van der Waals surface area contributed by atoms with E-state index in [2.05, 4.69) is 10.0 Å². The van der Waals surface area contributed by atoms with Gasteiger partial charge in [-0.25, -0.2) is 12.8 Å². The number of benzene rings is 3. The zero-order valence-electron chi connectivity index (χ0n) is 19.3. The molecule has 1 aliphatic heterocycles. The van der Waals surface area contributed by atoms with Crippen LogP contribution in [0.15, 0.2) is 71.6 Å². The van der Waals surface area contributed by atoms with E-state index in [0.29, 0.717) is 30.3 Å². The van der Waals surface area contributed by atoms with Gasteiger partial charge < -0.3 is 19.7 Å². The van der Waals surface area contributed by atoms with E-state index < -0.39 is 15.9 Å². The molecular formula is C25H26FN3O5S. The Morgan fingerprint density at radius 1 is 1.00 bits per heavy atom. The van der Waals surface area contributed by atoms with Gasteiger partial charge in [0, 0.05) is 12.6 Å². The summed E-state index contributed by atoms with van der Waals surface area (Å²) >= 11 is 0.